The highest BCUT2D eigenvalue weighted by Crippen LogP contribution is 2.26. The zero-order valence-electron chi connectivity index (χ0n) is 12.7. The van der Waals surface area contributed by atoms with Crippen LogP contribution < -0.4 is 10.6 Å². The van der Waals surface area contributed by atoms with E-state index in [-0.39, 0.29) is 11.9 Å². The first-order valence-electron chi connectivity index (χ1n) is 7.68. The summed E-state index contributed by atoms with van der Waals surface area (Å²) in [6.07, 6.45) is 7.53. The van der Waals surface area contributed by atoms with Crippen molar-refractivity contribution in [1.29, 1.82) is 0 Å². The predicted molar refractivity (Wildman–Crippen MR) is 78.1 cm³/mol. The Labute approximate surface area is 117 Å². The maximum absolute atomic E-state index is 11.9. The minimum Gasteiger partial charge on any atom is -0.385 e. The summed E-state index contributed by atoms with van der Waals surface area (Å²) in [5.74, 6) is 0.830. The molecule has 2 atom stereocenters. The summed E-state index contributed by atoms with van der Waals surface area (Å²) in [6, 6.07) is 0.319. The second-order valence-corrected chi connectivity index (χ2v) is 5.71. The van der Waals surface area contributed by atoms with Crippen molar-refractivity contribution in [2.24, 2.45) is 5.92 Å². The van der Waals surface area contributed by atoms with Crippen LogP contribution >= 0.6 is 0 Å². The summed E-state index contributed by atoms with van der Waals surface area (Å²) in [5, 5.41) is 6.39. The third kappa shape index (κ3) is 6.39. The van der Waals surface area contributed by atoms with Crippen molar-refractivity contribution in [3.8, 4) is 0 Å². The first-order valence-corrected chi connectivity index (χ1v) is 7.68. The van der Waals surface area contributed by atoms with Crippen LogP contribution in [0.1, 0.15) is 52.4 Å². The lowest BCUT2D eigenvalue weighted by molar-refractivity contribution is -0.123. The lowest BCUT2D eigenvalue weighted by Gasteiger charge is -2.30. The molecular formula is C15H30N2O2. The molecular weight excluding hydrogens is 240 g/mol. The molecule has 0 aliphatic heterocycles. The van der Waals surface area contributed by atoms with Crippen molar-refractivity contribution in [3.05, 3.63) is 0 Å². The van der Waals surface area contributed by atoms with Gasteiger partial charge in [0.05, 0.1) is 6.04 Å². The highest BCUT2D eigenvalue weighted by atomic mass is 16.5. The highest BCUT2D eigenvalue weighted by molar-refractivity contribution is 5.81. The van der Waals surface area contributed by atoms with E-state index in [2.05, 4.69) is 17.6 Å². The van der Waals surface area contributed by atoms with E-state index in [1.807, 2.05) is 6.92 Å². The molecule has 0 heterocycles. The molecule has 4 nitrogen and oxygen atoms in total. The van der Waals surface area contributed by atoms with Crippen LogP contribution in [0.25, 0.3) is 0 Å². The fourth-order valence-electron chi connectivity index (χ4n) is 2.82. The van der Waals surface area contributed by atoms with Gasteiger partial charge in [-0.05, 0) is 39.0 Å². The zero-order chi connectivity index (χ0) is 14.1. The molecule has 2 N–H and O–H groups in total. The first-order chi connectivity index (χ1) is 9.15. The van der Waals surface area contributed by atoms with Gasteiger partial charge in [0.2, 0.25) is 5.91 Å². The second kappa shape index (κ2) is 9.32. The molecule has 1 rings (SSSR count). The minimum atomic E-state index is -0.112. The average molecular weight is 270 g/mol. The number of amides is 1. The number of carbonyl (C=O) groups excluding carboxylic acids is 1. The van der Waals surface area contributed by atoms with Gasteiger partial charge in [-0.15, -0.1) is 0 Å². The van der Waals surface area contributed by atoms with Gasteiger partial charge in [0.1, 0.15) is 0 Å². The molecule has 1 aliphatic carbocycles. The summed E-state index contributed by atoms with van der Waals surface area (Å²) in [6.45, 7) is 5.55. The molecule has 0 bridgehead atoms. The van der Waals surface area contributed by atoms with Crippen LogP contribution in [0.4, 0.5) is 0 Å². The Morgan fingerprint density at radius 3 is 2.58 bits per heavy atom. The average Bonchev–Trinajstić information content (AvgIpc) is 2.44. The van der Waals surface area contributed by atoms with Crippen molar-refractivity contribution in [2.75, 3.05) is 20.3 Å². The number of ether oxygens (including phenoxy) is 1. The van der Waals surface area contributed by atoms with Crippen LogP contribution in [0.3, 0.4) is 0 Å². The SMILES string of the molecule is COCCCNC(=O)C(C)NC(C)C1CCCCC1. The summed E-state index contributed by atoms with van der Waals surface area (Å²) in [4.78, 5) is 11.9. The molecule has 0 aromatic rings. The lowest BCUT2D eigenvalue weighted by Crippen LogP contribution is -2.48. The number of carbonyl (C=O) groups is 1. The number of rotatable bonds is 8. The van der Waals surface area contributed by atoms with Crippen LogP contribution in [0, 0.1) is 5.92 Å². The molecule has 0 radical (unpaired) electrons. The van der Waals surface area contributed by atoms with Crippen molar-refractivity contribution in [1.82, 2.24) is 10.6 Å². The Bertz CT molecular complexity index is 253. The van der Waals surface area contributed by atoms with Crippen molar-refractivity contribution in [2.45, 2.75) is 64.5 Å². The summed E-state index contributed by atoms with van der Waals surface area (Å²) in [7, 11) is 1.68. The van der Waals surface area contributed by atoms with Gasteiger partial charge in [-0.3, -0.25) is 4.79 Å². The quantitative estimate of drug-likeness (QED) is 0.664. The maximum Gasteiger partial charge on any atom is 0.236 e. The van der Waals surface area contributed by atoms with Crippen LogP contribution in [-0.2, 0) is 9.53 Å². The van der Waals surface area contributed by atoms with Crippen molar-refractivity contribution in [3.63, 3.8) is 0 Å². The van der Waals surface area contributed by atoms with Gasteiger partial charge < -0.3 is 15.4 Å². The molecule has 1 fully saturated rings. The Kier molecular flexibility index (Phi) is 8.07. The van der Waals surface area contributed by atoms with E-state index in [0.717, 1.165) is 12.3 Å². The Hall–Kier alpha value is -0.610. The lowest BCUT2D eigenvalue weighted by atomic mass is 9.84. The van der Waals surface area contributed by atoms with Gasteiger partial charge in [0.25, 0.3) is 0 Å². The number of hydrogen-bond acceptors (Lipinski definition) is 3. The summed E-state index contributed by atoms with van der Waals surface area (Å²) in [5.41, 5.74) is 0. The molecule has 1 aliphatic rings. The highest BCUT2D eigenvalue weighted by Gasteiger charge is 2.23. The molecule has 0 aromatic heterocycles. The van der Waals surface area contributed by atoms with E-state index in [4.69, 9.17) is 4.74 Å². The summed E-state index contributed by atoms with van der Waals surface area (Å²) < 4.78 is 4.96. The molecule has 0 spiro atoms. The van der Waals surface area contributed by atoms with Gasteiger partial charge >= 0.3 is 0 Å². The molecule has 1 saturated carbocycles. The molecule has 0 saturated heterocycles. The van der Waals surface area contributed by atoms with Gasteiger partial charge in [-0.25, -0.2) is 0 Å². The monoisotopic (exact) mass is 270 g/mol. The van der Waals surface area contributed by atoms with Crippen LogP contribution in [0.2, 0.25) is 0 Å². The smallest absolute Gasteiger partial charge is 0.236 e. The van der Waals surface area contributed by atoms with Crippen LogP contribution in [0.5, 0.6) is 0 Å². The van der Waals surface area contributed by atoms with E-state index in [1.165, 1.54) is 32.1 Å². The Morgan fingerprint density at radius 1 is 1.26 bits per heavy atom. The third-order valence-corrected chi connectivity index (χ3v) is 4.09. The fourth-order valence-corrected chi connectivity index (χ4v) is 2.82. The van der Waals surface area contributed by atoms with Gasteiger partial charge in [0.15, 0.2) is 0 Å². The molecule has 1 amide bonds. The molecule has 2 unspecified atom stereocenters. The summed E-state index contributed by atoms with van der Waals surface area (Å²) >= 11 is 0. The van der Waals surface area contributed by atoms with Crippen molar-refractivity contribution < 1.29 is 9.53 Å². The topological polar surface area (TPSA) is 50.4 Å². The van der Waals surface area contributed by atoms with E-state index in [1.54, 1.807) is 7.11 Å². The van der Waals surface area contributed by atoms with Gasteiger partial charge in [-0.1, -0.05) is 19.3 Å². The molecule has 0 aromatic carbocycles. The maximum atomic E-state index is 11.9. The Balaban J connectivity index is 2.20. The molecule has 112 valence electrons. The van der Waals surface area contributed by atoms with Crippen LogP contribution in [-0.4, -0.2) is 38.3 Å². The van der Waals surface area contributed by atoms with E-state index in [0.29, 0.717) is 19.2 Å². The number of hydrogen-bond donors (Lipinski definition) is 2. The molecule has 4 heteroatoms. The zero-order valence-corrected chi connectivity index (χ0v) is 12.7. The number of methoxy groups -OCH3 is 1. The Morgan fingerprint density at radius 2 is 1.95 bits per heavy atom. The fraction of sp³-hybridized carbons (Fsp3) is 0.933. The van der Waals surface area contributed by atoms with Gasteiger partial charge in [0, 0.05) is 26.3 Å². The van der Waals surface area contributed by atoms with E-state index in [9.17, 15) is 4.79 Å². The van der Waals surface area contributed by atoms with Gasteiger partial charge in [-0.2, -0.15) is 0 Å². The predicted octanol–water partition coefficient (Wildman–Crippen LogP) is 2.09. The second-order valence-electron chi connectivity index (χ2n) is 5.71. The molecule has 19 heavy (non-hydrogen) atoms. The standard InChI is InChI=1S/C15H30N2O2/c1-12(14-8-5-4-6-9-14)17-13(2)15(18)16-10-7-11-19-3/h12-14,17H,4-11H2,1-3H3,(H,16,18). The van der Waals surface area contributed by atoms with E-state index >= 15 is 0 Å². The van der Waals surface area contributed by atoms with E-state index < -0.39 is 0 Å². The van der Waals surface area contributed by atoms with Crippen molar-refractivity contribution >= 4 is 5.91 Å². The largest absolute Gasteiger partial charge is 0.385 e. The third-order valence-electron chi connectivity index (χ3n) is 4.09. The number of nitrogens with one attached hydrogen (secondary N) is 2. The van der Waals surface area contributed by atoms with Crippen LogP contribution in [0.15, 0.2) is 0 Å². The minimum absolute atomic E-state index is 0.0961. The normalized spacial score (nSPS) is 19.9. The first kappa shape index (κ1) is 16.4.